The van der Waals surface area contributed by atoms with E-state index >= 15 is 0 Å². The van der Waals surface area contributed by atoms with Crippen molar-refractivity contribution in [1.82, 2.24) is 9.97 Å². The molecule has 12 nitrogen and oxygen atoms in total. The molecule has 4 aromatic rings. The molecule has 3 N–H and O–H groups in total. The maximum atomic E-state index is 12.6. The molecule has 0 atom stereocenters. The Balaban J connectivity index is 1.64. The molecule has 192 valence electrons. The van der Waals surface area contributed by atoms with Crippen molar-refractivity contribution in [2.45, 2.75) is 0 Å². The van der Waals surface area contributed by atoms with E-state index < -0.39 is 35.4 Å². The van der Waals surface area contributed by atoms with E-state index in [9.17, 15) is 24.4 Å². The molecular weight excluding hydrogens is 496 g/mol. The molecule has 0 unspecified atom stereocenters. The van der Waals surface area contributed by atoms with E-state index in [-0.39, 0.29) is 11.4 Å². The molecule has 0 spiro atoms. The number of nitriles is 1. The van der Waals surface area contributed by atoms with Gasteiger partial charge in [0.1, 0.15) is 34.6 Å². The number of nitrogens with one attached hydrogen (secondary N) is 3. The van der Waals surface area contributed by atoms with Gasteiger partial charge in [0.05, 0.1) is 14.2 Å². The van der Waals surface area contributed by atoms with Gasteiger partial charge in [0.2, 0.25) is 5.88 Å². The minimum atomic E-state index is -1.10. The number of carbonyl (C=O) groups excluding carboxylic acids is 2. The number of carbonyl (C=O) groups is 2. The second-order valence-electron chi connectivity index (χ2n) is 7.70. The van der Waals surface area contributed by atoms with Crippen LogP contribution >= 0.6 is 0 Å². The molecule has 1 amide bonds. The number of H-pyrrole nitrogens is 2. The summed E-state index contributed by atoms with van der Waals surface area (Å²) in [7, 11) is 3.07. The predicted molar refractivity (Wildman–Crippen MR) is 134 cm³/mol. The van der Waals surface area contributed by atoms with E-state index in [2.05, 4.69) is 16.4 Å². The summed E-state index contributed by atoms with van der Waals surface area (Å²) in [6, 6.07) is 16.7. The standard InChI is InChI=1S/C26H20N4O8/c1-35-16-7-3-14(4-8-16)22-18(12-27)24(38-23(22)15-5-9-17(36-2)10-6-15)29-21(32)13-37-25(33)19-11-20(31)30-26(34)28-19/h3-11H,13H2,1-2H3,(H,29,32)(H2,28,30,31,34). The monoisotopic (exact) mass is 516 g/mol. The Morgan fingerprint density at radius 2 is 1.55 bits per heavy atom. The van der Waals surface area contributed by atoms with Crippen LogP contribution in [0.15, 0.2) is 68.6 Å². The predicted octanol–water partition coefficient (Wildman–Crippen LogP) is 2.67. The van der Waals surface area contributed by atoms with Gasteiger partial charge >= 0.3 is 11.7 Å². The quantitative estimate of drug-likeness (QED) is 0.297. The highest BCUT2D eigenvalue weighted by atomic mass is 16.5. The first-order chi connectivity index (χ1) is 18.3. The van der Waals surface area contributed by atoms with E-state index in [4.69, 9.17) is 18.6 Å². The van der Waals surface area contributed by atoms with Gasteiger partial charge in [0.15, 0.2) is 6.61 Å². The van der Waals surface area contributed by atoms with Gasteiger partial charge in [-0.1, -0.05) is 12.1 Å². The van der Waals surface area contributed by atoms with Crippen molar-refractivity contribution >= 4 is 17.8 Å². The molecule has 0 aliphatic rings. The number of aromatic nitrogens is 2. The lowest BCUT2D eigenvalue weighted by molar-refractivity contribution is -0.119. The number of benzene rings is 2. The molecule has 0 saturated carbocycles. The molecule has 12 heteroatoms. The third-order valence-corrected chi connectivity index (χ3v) is 5.32. The van der Waals surface area contributed by atoms with Crippen LogP contribution in [0.5, 0.6) is 11.5 Å². The second kappa shape index (κ2) is 11.0. The lowest BCUT2D eigenvalue weighted by Gasteiger charge is -2.06. The second-order valence-corrected chi connectivity index (χ2v) is 7.70. The maximum absolute atomic E-state index is 12.6. The van der Waals surface area contributed by atoms with E-state index in [0.717, 1.165) is 6.07 Å². The zero-order valence-corrected chi connectivity index (χ0v) is 20.1. The number of hydrogen-bond donors (Lipinski definition) is 3. The molecular formula is C26H20N4O8. The van der Waals surface area contributed by atoms with Crippen LogP contribution in [-0.2, 0) is 9.53 Å². The molecule has 0 aliphatic carbocycles. The lowest BCUT2D eigenvalue weighted by Crippen LogP contribution is -2.27. The zero-order chi connectivity index (χ0) is 27.2. The molecule has 4 rings (SSSR count). The number of rotatable bonds is 8. The summed E-state index contributed by atoms with van der Waals surface area (Å²) in [5.74, 6) is -0.542. The van der Waals surface area contributed by atoms with Crippen LogP contribution in [0, 0.1) is 11.3 Å². The largest absolute Gasteiger partial charge is 0.497 e. The van der Waals surface area contributed by atoms with Crippen molar-refractivity contribution in [1.29, 1.82) is 5.26 Å². The van der Waals surface area contributed by atoms with Crippen LogP contribution in [0.3, 0.4) is 0 Å². The van der Waals surface area contributed by atoms with Crippen molar-refractivity contribution in [2.75, 3.05) is 26.1 Å². The van der Waals surface area contributed by atoms with Crippen molar-refractivity contribution in [3.05, 3.63) is 86.7 Å². The number of esters is 1. The molecule has 0 bridgehead atoms. The highest BCUT2D eigenvalue weighted by molar-refractivity contribution is 5.97. The minimum absolute atomic E-state index is 0.0413. The number of amides is 1. The van der Waals surface area contributed by atoms with Crippen LogP contribution < -0.4 is 26.0 Å². The van der Waals surface area contributed by atoms with Gasteiger partial charge in [-0.15, -0.1) is 0 Å². The molecule has 0 fully saturated rings. The molecule has 2 aromatic heterocycles. The van der Waals surface area contributed by atoms with Gasteiger partial charge in [-0.25, -0.2) is 9.59 Å². The van der Waals surface area contributed by atoms with Gasteiger partial charge in [-0.05, 0) is 42.0 Å². The number of furan rings is 1. The number of ether oxygens (including phenoxy) is 3. The fourth-order valence-corrected chi connectivity index (χ4v) is 3.55. The summed E-state index contributed by atoms with van der Waals surface area (Å²) in [4.78, 5) is 51.5. The molecule has 0 saturated heterocycles. The third kappa shape index (κ3) is 5.47. The van der Waals surface area contributed by atoms with Crippen molar-refractivity contribution in [2.24, 2.45) is 0 Å². The highest BCUT2D eigenvalue weighted by Gasteiger charge is 2.25. The Labute approximate surface area is 214 Å². The van der Waals surface area contributed by atoms with E-state index in [1.807, 2.05) is 4.98 Å². The summed E-state index contributed by atoms with van der Waals surface area (Å²) in [6.45, 7) is -0.783. The highest BCUT2D eigenvalue weighted by Crippen LogP contribution is 2.42. The van der Waals surface area contributed by atoms with Crippen LogP contribution in [0.2, 0.25) is 0 Å². The summed E-state index contributed by atoms with van der Waals surface area (Å²) in [6.07, 6.45) is 0. The normalized spacial score (nSPS) is 10.3. The molecule has 2 heterocycles. The average Bonchev–Trinajstić information content (AvgIpc) is 3.29. The first-order valence-corrected chi connectivity index (χ1v) is 11.0. The number of methoxy groups -OCH3 is 2. The van der Waals surface area contributed by atoms with Crippen LogP contribution in [0.1, 0.15) is 16.1 Å². The van der Waals surface area contributed by atoms with Crippen molar-refractivity contribution in [3.63, 3.8) is 0 Å². The topological polar surface area (TPSA) is 177 Å². The lowest BCUT2D eigenvalue weighted by atomic mass is 9.98. The molecule has 0 aliphatic heterocycles. The van der Waals surface area contributed by atoms with E-state index in [1.54, 1.807) is 48.5 Å². The average molecular weight is 516 g/mol. The first-order valence-electron chi connectivity index (χ1n) is 11.0. The van der Waals surface area contributed by atoms with Crippen LogP contribution in [-0.4, -0.2) is 42.7 Å². The first kappa shape index (κ1) is 25.5. The minimum Gasteiger partial charge on any atom is -0.497 e. The Morgan fingerprint density at radius 3 is 2.11 bits per heavy atom. The number of nitrogens with zero attached hydrogens (tertiary/aromatic N) is 1. The maximum Gasteiger partial charge on any atom is 0.355 e. The fraction of sp³-hybridized carbons (Fsp3) is 0.115. The van der Waals surface area contributed by atoms with Gasteiger partial charge in [0, 0.05) is 17.2 Å². The Morgan fingerprint density at radius 1 is 0.947 bits per heavy atom. The fourth-order valence-electron chi connectivity index (χ4n) is 3.55. The molecule has 2 aromatic carbocycles. The number of hydrogen-bond acceptors (Lipinski definition) is 9. The van der Waals surface area contributed by atoms with Crippen LogP contribution in [0.25, 0.3) is 22.5 Å². The number of anilines is 1. The van der Waals surface area contributed by atoms with Crippen molar-refractivity contribution < 1.29 is 28.2 Å². The summed E-state index contributed by atoms with van der Waals surface area (Å²) in [5.41, 5.74) is -0.434. The Hall–Kier alpha value is -5.57. The summed E-state index contributed by atoms with van der Waals surface area (Å²) < 4.78 is 21.2. The van der Waals surface area contributed by atoms with Gasteiger partial charge < -0.3 is 23.6 Å². The summed E-state index contributed by atoms with van der Waals surface area (Å²) >= 11 is 0. The third-order valence-electron chi connectivity index (χ3n) is 5.32. The van der Waals surface area contributed by atoms with Crippen LogP contribution in [0.4, 0.5) is 5.88 Å². The van der Waals surface area contributed by atoms with Crippen molar-refractivity contribution in [3.8, 4) is 40.0 Å². The summed E-state index contributed by atoms with van der Waals surface area (Å²) in [5, 5.41) is 12.4. The van der Waals surface area contributed by atoms with E-state index in [1.165, 1.54) is 14.2 Å². The van der Waals surface area contributed by atoms with Gasteiger partial charge in [-0.3, -0.25) is 19.9 Å². The Kier molecular flexibility index (Phi) is 7.39. The smallest absolute Gasteiger partial charge is 0.355 e. The van der Waals surface area contributed by atoms with Gasteiger partial charge in [-0.2, -0.15) is 5.26 Å². The van der Waals surface area contributed by atoms with Gasteiger partial charge in [0.25, 0.3) is 11.5 Å². The molecule has 38 heavy (non-hydrogen) atoms. The molecule has 0 radical (unpaired) electrons. The zero-order valence-electron chi connectivity index (χ0n) is 20.1. The number of aromatic amines is 2. The Bertz CT molecular complexity index is 1610. The van der Waals surface area contributed by atoms with E-state index in [0.29, 0.717) is 33.9 Å². The SMILES string of the molecule is COc1ccc(-c2oc(NC(=O)COC(=O)c3cc(=O)[nH]c(=O)[nH]3)c(C#N)c2-c2ccc(OC)cc2)cc1.